The monoisotopic (exact) mass is 378 g/mol. The molecule has 0 spiro atoms. The van der Waals surface area contributed by atoms with Gasteiger partial charge in [-0.15, -0.1) is 11.3 Å². The first-order valence-corrected chi connectivity index (χ1v) is 8.73. The van der Waals surface area contributed by atoms with Crippen LogP contribution < -0.4 is 0 Å². The van der Waals surface area contributed by atoms with Gasteiger partial charge in [0.15, 0.2) is 4.47 Å². The zero-order valence-electron chi connectivity index (χ0n) is 13.5. The molecule has 0 atom stereocenters. The number of aromatic nitrogens is 1. The summed E-state index contributed by atoms with van der Waals surface area (Å²) in [7, 11) is 0. The number of carboxylic acid groups (broad SMARTS) is 1. The summed E-state index contributed by atoms with van der Waals surface area (Å²) in [4.78, 5) is 29.6. The number of thiazole rings is 1. The van der Waals surface area contributed by atoms with Gasteiger partial charge in [-0.1, -0.05) is 11.6 Å². The van der Waals surface area contributed by atoms with E-state index in [1.165, 1.54) is 17.4 Å². The van der Waals surface area contributed by atoms with Crippen molar-refractivity contribution in [3.05, 3.63) is 51.9 Å². The predicted octanol–water partition coefficient (Wildman–Crippen LogP) is 4.29. The number of hydrogen-bond donors (Lipinski definition) is 1. The second-order valence-corrected chi connectivity index (χ2v) is 7.36. The molecule has 0 radical (unpaired) electrons. The van der Waals surface area contributed by atoms with Crippen LogP contribution in [-0.2, 0) is 6.54 Å². The molecule has 2 heterocycles. The third-order valence-corrected chi connectivity index (χ3v) is 4.83. The van der Waals surface area contributed by atoms with Crippen molar-refractivity contribution < 1.29 is 19.1 Å². The van der Waals surface area contributed by atoms with Gasteiger partial charge >= 0.3 is 5.97 Å². The lowest BCUT2D eigenvalue weighted by atomic mass is 10.1. The van der Waals surface area contributed by atoms with Gasteiger partial charge < -0.3 is 14.4 Å². The molecule has 0 saturated carbocycles. The minimum absolute atomic E-state index is 0.0967. The van der Waals surface area contributed by atoms with Crippen LogP contribution in [0.2, 0.25) is 4.47 Å². The number of halogens is 1. The predicted molar refractivity (Wildman–Crippen MR) is 95.3 cm³/mol. The van der Waals surface area contributed by atoms with E-state index in [2.05, 4.69) is 4.98 Å². The largest absolute Gasteiger partial charge is 0.475 e. The molecule has 1 aromatic carbocycles. The van der Waals surface area contributed by atoms with Crippen molar-refractivity contribution in [3.8, 4) is 0 Å². The Morgan fingerprint density at radius 2 is 2.08 bits per heavy atom. The SMILES string of the molecule is CC(C)N(Cc1ccc(C(=O)O)o1)C(=O)c1ccc2sc(Cl)nc2c1. The van der Waals surface area contributed by atoms with E-state index >= 15 is 0 Å². The van der Waals surface area contributed by atoms with Crippen LogP contribution in [0.25, 0.3) is 10.2 Å². The Labute approximate surface area is 152 Å². The van der Waals surface area contributed by atoms with Crippen LogP contribution in [0, 0.1) is 0 Å². The molecule has 0 aliphatic heterocycles. The molecule has 3 rings (SSSR count). The molecule has 25 heavy (non-hydrogen) atoms. The number of carbonyl (C=O) groups excluding carboxylic acids is 1. The van der Waals surface area contributed by atoms with Crippen LogP contribution >= 0.6 is 22.9 Å². The molecule has 0 saturated heterocycles. The number of aromatic carboxylic acids is 1. The minimum atomic E-state index is -1.14. The lowest BCUT2D eigenvalue weighted by Crippen LogP contribution is -2.36. The zero-order chi connectivity index (χ0) is 18.1. The molecule has 1 N–H and O–H groups in total. The Kier molecular flexibility index (Phi) is 4.78. The second kappa shape index (κ2) is 6.85. The summed E-state index contributed by atoms with van der Waals surface area (Å²) in [5.41, 5.74) is 1.17. The maximum atomic E-state index is 12.9. The topological polar surface area (TPSA) is 83.6 Å². The van der Waals surface area contributed by atoms with Gasteiger partial charge in [0, 0.05) is 11.6 Å². The molecule has 0 unspecified atom stereocenters. The number of rotatable bonds is 5. The van der Waals surface area contributed by atoms with Gasteiger partial charge in [-0.25, -0.2) is 9.78 Å². The van der Waals surface area contributed by atoms with Crippen molar-refractivity contribution in [2.24, 2.45) is 0 Å². The van der Waals surface area contributed by atoms with E-state index in [-0.39, 0.29) is 24.3 Å². The van der Waals surface area contributed by atoms with Crippen molar-refractivity contribution in [1.29, 1.82) is 0 Å². The van der Waals surface area contributed by atoms with Gasteiger partial charge in [-0.2, -0.15) is 0 Å². The fraction of sp³-hybridized carbons (Fsp3) is 0.235. The number of carboxylic acids is 1. The molecule has 6 nitrogen and oxygen atoms in total. The molecule has 130 valence electrons. The normalized spacial score (nSPS) is 11.2. The van der Waals surface area contributed by atoms with Crippen molar-refractivity contribution in [3.63, 3.8) is 0 Å². The molecule has 0 fully saturated rings. The summed E-state index contributed by atoms with van der Waals surface area (Å²) in [6, 6.07) is 8.11. The Morgan fingerprint density at radius 3 is 2.72 bits per heavy atom. The maximum absolute atomic E-state index is 12.9. The average Bonchev–Trinajstić information content (AvgIpc) is 3.16. The van der Waals surface area contributed by atoms with E-state index in [4.69, 9.17) is 21.1 Å². The van der Waals surface area contributed by atoms with E-state index < -0.39 is 5.97 Å². The van der Waals surface area contributed by atoms with E-state index in [1.54, 1.807) is 23.1 Å². The van der Waals surface area contributed by atoms with Crippen molar-refractivity contribution in [2.45, 2.75) is 26.4 Å². The Balaban J connectivity index is 1.87. The molecule has 0 aliphatic rings. The van der Waals surface area contributed by atoms with Crippen molar-refractivity contribution in [1.82, 2.24) is 9.88 Å². The Morgan fingerprint density at radius 1 is 1.32 bits per heavy atom. The molecule has 1 amide bonds. The zero-order valence-corrected chi connectivity index (χ0v) is 15.1. The summed E-state index contributed by atoms with van der Waals surface area (Å²) < 4.78 is 6.60. The second-order valence-electron chi connectivity index (χ2n) is 5.75. The van der Waals surface area contributed by atoms with Crippen LogP contribution in [0.15, 0.2) is 34.7 Å². The molecule has 0 bridgehead atoms. The number of furan rings is 1. The Bertz CT molecular complexity index is 947. The fourth-order valence-electron chi connectivity index (χ4n) is 2.43. The maximum Gasteiger partial charge on any atom is 0.371 e. The number of hydrogen-bond acceptors (Lipinski definition) is 5. The summed E-state index contributed by atoms with van der Waals surface area (Å²) >= 11 is 7.27. The molecule has 3 aromatic rings. The number of amides is 1. The lowest BCUT2D eigenvalue weighted by Gasteiger charge is -2.26. The molecular weight excluding hydrogens is 364 g/mol. The number of nitrogens with zero attached hydrogens (tertiary/aromatic N) is 2. The number of benzene rings is 1. The number of carbonyl (C=O) groups is 2. The molecule has 0 aliphatic carbocycles. The highest BCUT2D eigenvalue weighted by atomic mass is 35.5. The van der Waals surface area contributed by atoms with E-state index in [9.17, 15) is 9.59 Å². The average molecular weight is 379 g/mol. The lowest BCUT2D eigenvalue weighted by molar-refractivity contribution is 0.0648. The molecule has 8 heteroatoms. The highest BCUT2D eigenvalue weighted by Gasteiger charge is 2.22. The highest BCUT2D eigenvalue weighted by molar-refractivity contribution is 7.22. The van der Waals surface area contributed by atoms with Crippen molar-refractivity contribution >= 4 is 45.0 Å². The first-order chi connectivity index (χ1) is 11.8. The van der Waals surface area contributed by atoms with Gasteiger partial charge in [-0.05, 0) is 44.2 Å². The number of fused-ring (bicyclic) bond motifs is 1. The van der Waals surface area contributed by atoms with E-state index in [0.717, 1.165) is 4.70 Å². The first kappa shape index (κ1) is 17.4. The molecule has 2 aromatic heterocycles. The van der Waals surface area contributed by atoms with Gasteiger partial charge in [0.2, 0.25) is 5.76 Å². The van der Waals surface area contributed by atoms with Crippen molar-refractivity contribution in [2.75, 3.05) is 0 Å². The summed E-state index contributed by atoms with van der Waals surface area (Å²) in [6.07, 6.45) is 0. The molecular formula is C17H15ClN2O4S. The van der Waals surface area contributed by atoms with Gasteiger partial charge in [0.05, 0.1) is 16.8 Å². The smallest absolute Gasteiger partial charge is 0.371 e. The third kappa shape index (κ3) is 3.67. The fourth-order valence-corrected chi connectivity index (χ4v) is 3.44. The quantitative estimate of drug-likeness (QED) is 0.715. The first-order valence-electron chi connectivity index (χ1n) is 7.54. The summed E-state index contributed by atoms with van der Waals surface area (Å²) in [6.45, 7) is 3.95. The minimum Gasteiger partial charge on any atom is -0.475 e. The van der Waals surface area contributed by atoms with Crippen LogP contribution in [-0.4, -0.2) is 32.9 Å². The highest BCUT2D eigenvalue weighted by Crippen LogP contribution is 2.27. The Hall–Kier alpha value is -2.38. The van der Waals surface area contributed by atoms with Gasteiger partial charge in [0.1, 0.15) is 5.76 Å². The van der Waals surface area contributed by atoms with Crippen LogP contribution in [0.4, 0.5) is 0 Å². The standard InChI is InChI=1S/C17H15ClN2O4S/c1-9(2)20(8-11-4-5-13(24-11)16(22)23)15(21)10-3-6-14-12(7-10)19-17(18)25-14/h3-7,9H,8H2,1-2H3,(H,22,23). The van der Waals surface area contributed by atoms with Gasteiger partial charge in [-0.3, -0.25) is 4.79 Å². The van der Waals surface area contributed by atoms with Gasteiger partial charge in [0.25, 0.3) is 5.91 Å². The third-order valence-electron chi connectivity index (χ3n) is 3.69. The van der Waals surface area contributed by atoms with E-state index in [1.807, 2.05) is 19.9 Å². The van der Waals surface area contributed by atoms with Crippen LogP contribution in [0.1, 0.15) is 40.5 Å². The summed E-state index contributed by atoms with van der Waals surface area (Å²) in [5.74, 6) is -1.06. The van der Waals surface area contributed by atoms with E-state index in [0.29, 0.717) is 21.3 Å². The summed E-state index contributed by atoms with van der Waals surface area (Å²) in [5, 5.41) is 8.94. The van der Waals surface area contributed by atoms with Crippen LogP contribution in [0.3, 0.4) is 0 Å². The van der Waals surface area contributed by atoms with Crippen LogP contribution in [0.5, 0.6) is 0 Å².